The second-order valence-electron chi connectivity index (χ2n) is 11.1. The molecule has 1 aromatic carbocycles. The lowest BCUT2D eigenvalue weighted by molar-refractivity contribution is 0.00431. The van der Waals surface area contributed by atoms with E-state index in [4.69, 9.17) is 14.7 Å². The summed E-state index contributed by atoms with van der Waals surface area (Å²) in [6.45, 7) is 10.2. The number of nitrogens with zero attached hydrogens (tertiary/aromatic N) is 7. The van der Waals surface area contributed by atoms with Crippen molar-refractivity contribution in [3.63, 3.8) is 0 Å². The number of halogens is 1. The van der Waals surface area contributed by atoms with E-state index in [1.165, 1.54) is 12.1 Å². The van der Waals surface area contributed by atoms with Gasteiger partial charge in [-0.15, -0.1) is 0 Å². The Bertz CT molecular complexity index is 1230. The fraction of sp³-hybridized carbons (Fsp3) is 0.567. The molecule has 9 nitrogen and oxygen atoms in total. The quantitative estimate of drug-likeness (QED) is 0.498. The Hall–Kier alpha value is -3.26. The molecule has 3 atom stereocenters. The number of rotatable bonds is 8. The Balaban J connectivity index is 1.49. The van der Waals surface area contributed by atoms with Crippen molar-refractivity contribution in [1.82, 2.24) is 19.8 Å². The minimum absolute atomic E-state index is 0.169. The van der Waals surface area contributed by atoms with E-state index in [9.17, 15) is 14.8 Å². The number of aliphatic hydroxyl groups is 1. The first-order valence-electron chi connectivity index (χ1n) is 14.3. The third kappa shape index (κ3) is 5.92. The van der Waals surface area contributed by atoms with Gasteiger partial charge in [-0.25, -0.2) is 4.39 Å². The molecule has 214 valence electrons. The van der Waals surface area contributed by atoms with Gasteiger partial charge in [0.15, 0.2) is 0 Å². The van der Waals surface area contributed by atoms with Crippen molar-refractivity contribution in [3.8, 4) is 12.1 Å². The Kier molecular flexibility index (Phi) is 8.84. The van der Waals surface area contributed by atoms with Gasteiger partial charge in [0.2, 0.25) is 0 Å². The molecule has 2 aromatic rings. The molecule has 10 heteroatoms. The van der Waals surface area contributed by atoms with Crippen LogP contribution in [0.3, 0.4) is 0 Å². The van der Waals surface area contributed by atoms with Crippen LogP contribution in [-0.4, -0.2) is 89.6 Å². The van der Waals surface area contributed by atoms with E-state index >= 15 is 0 Å². The molecule has 1 N–H and O–H groups in total. The number of benzene rings is 1. The maximum atomic E-state index is 15.0. The SMILES string of the molecule is C=CC(O)N1CCN(c2nc(OC[C@@H]3CCCN3C)nc3c2CCCN(c2c(C)cccc2F)C3)C[C@@H]1CC#N. The Morgan fingerprint density at radius 2 is 2.05 bits per heavy atom. The first-order valence-corrected chi connectivity index (χ1v) is 14.3. The largest absolute Gasteiger partial charge is 0.462 e. The average Bonchev–Trinajstić information content (AvgIpc) is 3.24. The van der Waals surface area contributed by atoms with Gasteiger partial charge < -0.3 is 24.5 Å². The minimum Gasteiger partial charge on any atom is -0.462 e. The number of aromatic nitrogens is 2. The van der Waals surface area contributed by atoms with Crippen LogP contribution in [0.1, 0.15) is 42.5 Å². The van der Waals surface area contributed by atoms with Crippen LogP contribution in [0.2, 0.25) is 0 Å². The lowest BCUT2D eigenvalue weighted by Gasteiger charge is -2.43. The number of aliphatic hydroxyl groups excluding tert-OH is 1. The van der Waals surface area contributed by atoms with E-state index in [0.29, 0.717) is 57.1 Å². The van der Waals surface area contributed by atoms with Crippen LogP contribution in [0.25, 0.3) is 0 Å². The fourth-order valence-corrected chi connectivity index (χ4v) is 6.32. The van der Waals surface area contributed by atoms with Crippen LogP contribution in [0, 0.1) is 24.1 Å². The zero-order chi connectivity index (χ0) is 28.2. The molecule has 5 rings (SSSR count). The smallest absolute Gasteiger partial charge is 0.318 e. The van der Waals surface area contributed by atoms with E-state index in [2.05, 4.69) is 34.4 Å². The number of aryl methyl sites for hydroxylation is 1. The standard InChI is InChI=1S/C30H40FN7O2/c1-4-27(39)38-17-16-37(18-22(38)12-13-32)29-24-10-7-15-36(28-21(2)8-5-11-25(28)31)19-26(24)33-30(34-29)40-20-23-9-6-14-35(23)3/h4-5,8,11,22-23,27,39H,1,6-7,9-10,12,14-20H2,2-3H3/t22-,23-,27?/m0/s1. The zero-order valence-corrected chi connectivity index (χ0v) is 23.6. The monoisotopic (exact) mass is 549 g/mol. The van der Waals surface area contributed by atoms with Crippen LogP contribution in [0.4, 0.5) is 15.9 Å². The molecular weight excluding hydrogens is 509 g/mol. The molecule has 2 fully saturated rings. The van der Waals surface area contributed by atoms with Crippen LogP contribution in [-0.2, 0) is 13.0 Å². The van der Waals surface area contributed by atoms with Crippen LogP contribution in [0.15, 0.2) is 30.9 Å². The van der Waals surface area contributed by atoms with Gasteiger partial charge in [0.05, 0.1) is 30.4 Å². The summed E-state index contributed by atoms with van der Waals surface area (Å²) in [7, 11) is 2.12. The van der Waals surface area contributed by atoms with Crippen molar-refractivity contribution >= 4 is 11.5 Å². The number of nitriles is 1. The van der Waals surface area contributed by atoms with Crippen LogP contribution in [0.5, 0.6) is 6.01 Å². The second-order valence-corrected chi connectivity index (χ2v) is 11.1. The molecule has 0 saturated carbocycles. The minimum atomic E-state index is -0.803. The number of anilines is 2. The number of para-hydroxylation sites is 1. The molecular formula is C30H40FN7O2. The second kappa shape index (κ2) is 12.5. The van der Waals surface area contributed by atoms with Gasteiger partial charge in [0.1, 0.15) is 24.5 Å². The molecule has 0 bridgehead atoms. The first-order chi connectivity index (χ1) is 19.4. The molecule has 4 heterocycles. The van der Waals surface area contributed by atoms with Gasteiger partial charge in [-0.1, -0.05) is 18.7 Å². The highest BCUT2D eigenvalue weighted by Crippen LogP contribution is 2.34. The topological polar surface area (TPSA) is 92.0 Å². The average molecular weight is 550 g/mol. The summed E-state index contributed by atoms with van der Waals surface area (Å²) in [6.07, 6.45) is 4.81. The zero-order valence-electron chi connectivity index (χ0n) is 23.6. The van der Waals surface area contributed by atoms with Gasteiger partial charge in [-0.05, 0) is 63.9 Å². The fourth-order valence-electron chi connectivity index (χ4n) is 6.32. The predicted octanol–water partition coefficient (Wildman–Crippen LogP) is 3.26. The highest BCUT2D eigenvalue weighted by Gasteiger charge is 2.34. The number of piperazine rings is 1. The van der Waals surface area contributed by atoms with Crippen molar-refractivity contribution in [3.05, 3.63) is 53.5 Å². The third-order valence-corrected chi connectivity index (χ3v) is 8.53. The normalized spacial score (nSPS) is 22.9. The summed E-state index contributed by atoms with van der Waals surface area (Å²) < 4.78 is 21.2. The Morgan fingerprint density at radius 3 is 2.77 bits per heavy atom. The predicted molar refractivity (Wildman–Crippen MR) is 153 cm³/mol. The Morgan fingerprint density at radius 1 is 1.20 bits per heavy atom. The molecule has 40 heavy (non-hydrogen) atoms. The summed E-state index contributed by atoms with van der Waals surface area (Å²) in [5.74, 6) is 0.595. The summed E-state index contributed by atoms with van der Waals surface area (Å²) in [4.78, 5) is 18.4. The molecule has 1 unspecified atom stereocenters. The van der Waals surface area contributed by atoms with E-state index in [1.807, 2.05) is 17.9 Å². The van der Waals surface area contributed by atoms with Gasteiger partial charge in [0, 0.05) is 43.8 Å². The molecule has 0 amide bonds. The highest BCUT2D eigenvalue weighted by atomic mass is 19.1. The van der Waals surface area contributed by atoms with E-state index in [1.54, 1.807) is 6.07 Å². The van der Waals surface area contributed by atoms with E-state index in [-0.39, 0.29) is 18.3 Å². The number of hydrogen-bond acceptors (Lipinski definition) is 9. The number of likely N-dealkylation sites (N-methyl/N-ethyl adjacent to an activating group) is 1. The van der Waals surface area contributed by atoms with E-state index in [0.717, 1.165) is 54.9 Å². The van der Waals surface area contributed by atoms with Crippen molar-refractivity contribution < 1.29 is 14.2 Å². The van der Waals surface area contributed by atoms with Gasteiger partial charge >= 0.3 is 6.01 Å². The van der Waals surface area contributed by atoms with Crippen LogP contribution >= 0.6 is 0 Å². The summed E-state index contributed by atoms with van der Waals surface area (Å²) in [5, 5.41) is 20.0. The van der Waals surface area contributed by atoms with Crippen LogP contribution < -0.4 is 14.5 Å². The number of ether oxygens (including phenoxy) is 1. The van der Waals surface area contributed by atoms with Gasteiger partial charge in [-0.3, -0.25) is 4.90 Å². The molecule has 3 aliphatic rings. The van der Waals surface area contributed by atoms with Crippen molar-refractivity contribution in [1.29, 1.82) is 5.26 Å². The van der Waals surface area contributed by atoms with Crippen molar-refractivity contribution in [2.45, 2.75) is 63.9 Å². The van der Waals surface area contributed by atoms with E-state index < -0.39 is 6.23 Å². The number of hydrogen-bond donors (Lipinski definition) is 1. The Labute approximate surface area is 236 Å². The molecule has 0 spiro atoms. The van der Waals surface area contributed by atoms with Gasteiger partial charge in [0.25, 0.3) is 0 Å². The maximum absolute atomic E-state index is 15.0. The molecule has 0 radical (unpaired) electrons. The lowest BCUT2D eigenvalue weighted by Crippen LogP contribution is -2.56. The third-order valence-electron chi connectivity index (χ3n) is 8.53. The van der Waals surface area contributed by atoms with Crippen molar-refractivity contribution in [2.24, 2.45) is 0 Å². The highest BCUT2D eigenvalue weighted by molar-refractivity contribution is 5.57. The lowest BCUT2D eigenvalue weighted by atomic mass is 10.1. The molecule has 2 saturated heterocycles. The first kappa shape index (κ1) is 28.3. The van der Waals surface area contributed by atoms with Crippen molar-refractivity contribution in [2.75, 3.05) is 56.2 Å². The van der Waals surface area contributed by atoms with Gasteiger partial charge in [-0.2, -0.15) is 15.2 Å². The summed E-state index contributed by atoms with van der Waals surface area (Å²) in [5.41, 5.74) is 3.42. The molecule has 1 aromatic heterocycles. The molecule has 0 aliphatic carbocycles. The molecule has 3 aliphatic heterocycles. The number of likely N-dealkylation sites (tertiary alicyclic amines) is 1. The maximum Gasteiger partial charge on any atom is 0.318 e. The summed E-state index contributed by atoms with van der Waals surface area (Å²) >= 11 is 0. The number of fused-ring (bicyclic) bond motifs is 1. The summed E-state index contributed by atoms with van der Waals surface area (Å²) in [6, 6.07) is 7.97.